The van der Waals surface area contributed by atoms with E-state index in [4.69, 9.17) is 4.74 Å². The van der Waals surface area contributed by atoms with Gasteiger partial charge in [-0.25, -0.2) is 4.39 Å². The Kier molecular flexibility index (Phi) is 4.35. The highest BCUT2D eigenvalue weighted by Gasteiger charge is 2.41. The number of fused-ring (bicyclic) bond motifs is 1. The van der Waals surface area contributed by atoms with E-state index < -0.39 is 23.7 Å². The van der Waals surface area contributed by atoms with Crippen LogP contribution in [0.4, 0.5) is 4.39 Å². The molecule has 0 spiro atoms. The minimum atomic E-state index is -0.743. The summed E-state index contributed by atoms with van der Waals surface area (Å²) < 4.78 is 20.0. The number of benzene rings is 2. The van der Waals surface area contributed by atoms with Crippen LogP contribution in [-0.4, -0.2) is 28.7 Å². The molecular weight excluding hydrogens is 351 g/mol. The third kappa shape index (κ3) is 3.16. The number of carbonyl (C=O) groups excluding carboxylic acids is 3. The molecule has 2 aliphatic rings. The molecule has 1 saturated heterocycles. The van der Waals surface area contributed by atoms with Gasteiger partial charge in [-0.2, -0.15) is 0 Å². The molecule has 3 amide bonds. The predicted octanol–water partition coefficient (Wildman–Crippen LogP) is 2.17. The zero-order valence-corrected chi connectivity index (χ0v) is 14.4. The molecule has 1 unspecified atom stereocenters. The van der Waals surface area contributed by atoms with Crippen molar-refractivity contribution in [2.45, 2.75) is 32.0 Å². The lowest BCUT2D eigenvalue weighted by Gasteiger charge is -2.29. The van der Waals surface area contributed by atoms with Crippen LogP contribution in [-0.2, 0) is 22.7 Å². The van der Waals surface area contributed by atoms with Crippen LogP contribution in [0.2, 0.25) is 0 Å². The molecule has 27 heavy (non-hydrogen) atoms. The molecule has 7 heteroatoms. The van der Waals surface area contributed by atoms with E-state index in [1.807, 2.05) is 30.3 Å². The maximum Gasteiger partial charge on any atom is 0.259 e. The molecule has 2 aliphatic heterocycles. The Bertz CT molecular complexity index is 929. The quantitative estimate of drug-likeness (QED) is 0.840. The second-order valence-electron chi connectivity index (χ2n) is 6.58. The lowest BCUT2D eigenvalue weighted by Crippen LogP contribution is -2.52. The second kappa shape index (κ2) is 6.83. The lowest BCUT2D eigenvalue weighted by molar-refractivity contribution is -0.136. The Balaban J connectivity index is 1.60. The van der Waals surface area contributed by atoms with Crippen molar-refractivity contribution >= 4 is 17.7 Å². The first kappa shape index (κ1) is 17.2. The van der Waals surface area contributed by atoms with Crippen molar-refractivity contribution in [3.63, 3.8) is 0 Å². The fourth-order valence-corrected chi connectivity index (χ4v) is 3.47. The number of nitrogens with zero attached hydrogens (tertiary/aromatic N) is 1. The minimum absolute atomic E-state index is 0.101. The number of rotatable bonds is 4. The van der Waals surface area contributed by atoms with Crippen LogP contribution in [0.25, 0.3) is 0 Å². The Morgan fingerprint density at radius 2 is 1.89 bits per heavy atom. The highest BCUT2D eigenvalue weighted by molar-refractivity contribution is 6.06. The normalized spacial score (nSPS) is 19.1. The summed E-state index contributed by atoms with van der Waals surface area (Å²) in [6.45, 7) is 0.308. The van der Waals surface area contributed by atoms with Gasteiger partial charge in [-0.05, 0) is 23.6 Å². The molecule has 1 atom stereocenters. The molecule has 4 rings (SSSR count). The highest BCUT2D eigenvalue weighted by atomic mass is 19.1. The molecule has 0 radical (unpaired) electrons. The summed E-state index contributed by atoms with van der Waals surface area (Å²) in [7, 11) is 0. The van der Waals surface area contributed by atoms with Gasteiger partial charge in [0.15, 0.2) is 11.6 Å². The Morgan fingerprint density at radius 1 is 1.11 bits per heavy atom. The fourth-order valence-electron chi connectivity index (χ4n) is 3.47. The highest BCUT2D eigenvalue weighted by Crippen LogP contribution is 2.35. The predicted molar refractivity (Wildman–Crippen MR) is 93.2 cm³/mol. The molecule has 0 aromatic heterocycles. The number of piperidine rings is 1. The van der Waals surface area contributed by atoms with Crippen LogP contribution >= 0.6 is 0 Å². The van der Waals surface area contributed by atoms with Crippen LogP contribution in [0, 0.1) is 5.82 Å². The third-order valence-electron chi connectivity index (χ3n) is 4.82. The number of halogens is 1. The van der Waals surface area contributed by atoms with Crippen molar-refractivity contribution in [2.24, 2.45) is 0 Å². The number of hydrogen-bond donors (Lipinski definition) is 1. The Morgan fingerprint density at radius 3 is 2.63 bits per heavy atom. The standard InChI is InChI=1S/C20H17FN2O4/c21-14-7-6-13-10-23(15-8-9-16(24)22-19(15)25)20(26)17(13)18(14)27-11-12-4-2-1-3-5-12/h1-7,15H,8-11H2,(H,22,24,25). The van der Waals surface area contributed by atoms with Gasteiger partial charge in [0.1, 0.15) is 12.6 Å². The van der Waals surface area contributed by atoms with Gasteiger partial charge in [0.2, 0.25) is 11.8 Å². The van der Waals surface area contributed by atoms with Gasteiger partial charge in [-0.1, -0.05) is 36.4 Å². The van der Waals surface area contributed by atoms with E-state index >= 15 is 0 Å². The van der Waals surface area contributed by atoms with Crippen molar-refractivity contribution in [3.05, 3.63) is 65.0 Å². The Labute approximate surface area is 154 Å². The maximum absolute atomic E-state index is 14.4. The van der Waals surface area contributed by atoms with Gasteiger partial charge in [-0.3, -0.25) is 19.7 Å². The molecule has 2 heterocycles. The van der Waals surface area contributed by atoms with Gasteiger partial charge in [0.25, 0.3) is 5.91 Å². The number of hydrogen-bond acceptors (Lipinski definition) is 4. The number of imide groups is 1. The summed E-state index contributed by atoms with van der Waals surface area (Å²) in [5, 5.41) is 2.25. The van der Waals surface area contributed by atoms with E-state index in [9.17, 15) is 18.8 Å². The summed E-state index contributed by atoms with van der Waals surface area (Å²) in [5.41, 5.74) is 1.60. The van der Waals surface area contributed by atoms with Gasteiger partial charge in [0, 0.05) is 13.0 Å². The van der Waals surface area contributed by atoms with E-state index in [0.29, 0.717) is 5.56 Å². The van der Waals surface area contributed by atoms with E-state index in [1.54, 1.807) is 0 Å². The molecule has 0 bridgehead atoms. The third-order valence-corrected chi connectivity index (χ3v) is 4.82. The van der Waals surface area contributed by atoms with Gasteiger partial charge in [-0.15, -0.1) is 0 Å². The van der Waals surface area contributed by atoms with E-state index in [2.05, 4.69) is 5.32 Å². The van der Waals surface area contributed by atoms with E-state index in [1.165, 1.54) is 17.0 Å². The summed E-state index contributed by atoms with van der Waals surface area (Å²) >= 11 is 0. The first-order valence-electron chi connectivity index (χ1n) is 8.67. The first-order valence-corrected chi connectivity index (χ1v) is 8.67. The van der Waals surface area contributed by atoms with E-state index in [0.717, 1.165) is 5.56 Å². The molecule has 6 nitrogen and oxygen atoms in total. The smallest absolute Gasteiger partial charge is 0.259 e. The summed E-state index contributed by atoms with van der Waals surface area (Å²) in [6.07, 6.45) is 0.426. The second-order valence-corrected chi connectivity index (χ2v) is 6.58. The summed E-state index contributed by atoms with van der Waals surface area (Å²) in [5.74, 6) is -2.03. The fraction of sp³-hybridized carbons (Fsp3) is 0.250. The van der Waals surface area contributed by atoms with Crippen LogP contribution in [0.1, 0.15) is 34.3 Å². The maximum atomic E-state index is 14.4. The number of amides is 3. The summed E-state index contributed by atoms with van der Waals surface area (Å²) in [4.78, 5) is 37.8. The van der Waals surface area contributed by atoms with Crippen molar-refractivity contribution in [1.29, 1.82) is 0 Å². The van der Waals surface area contributed by atoms with Gasteiger partial charge < -0.3 is 9.64 Å². The molecule has 2 aromatic rings. The molecule has 0 aliphatic carbocycles. The van der Waals surface area contributed by atoms with Crippen molar-refractivity contribution < 1.29 is 23.5 Å². The molecule has 138 valence electrons. The average Bonchev–Trinajstić information content (AvgIpc) is 2.99. The number of nitrogens with one attached hydrogen (secondary N) is 1. The van der Waals surface area contributed by atoms with Gasteiger partial charge in [0.05, 0.1) is 5.56 Å². The van der Waals surface area contributed by atoms with Crippen LogP contribution in [0.5, 0.6) is 5.75 Å². The van der Waals surface area contributed by atoms with Crippen molar-refractivity contribution in [1.82, 2.24) is 10.2 Å². The zero-order valence-electron chi connectivity index (χ0n) is 14.4. The lowest BCUT2D eigenvalue weighted by atomic mass is 10.0. The minimum Gasteiger partial charge on any atom is -0.485 e. The monoisotopic (exact) mass is 368 g/mol. The topological polar surface area (TPSA) is 75.7 Å². The molecule has 1 N–H and O–H groups in total. The van der Waals surface area contributed by atoms with Crippen LogP contribution < -0.4 is 10.1 Å². The molecule has 0 saturated carbocycles. The van der Waals surface area contributed by atoms with Crippen LogP contribution in [0.15, 0.2) is 42.5 Å². The van der Waals surface area contributed by atoms with Gasteiger partial charge >= 0.3 is 0 Å². The molecule has 1 fully saturated rings. The average molecular weight is 368 g/mol. The number of carbonyl (C=O) groups is 3. The first-order chi connectivity index (χ1) is 13.0. The summed E-state index contributed by atoms with van der Waals surface area (Å²) in [6, 6.07) is 11.3. The largest absolute Gasteiger partial charge is 0.485 e. The van der Waals surface area contributed by atoms with E-state index in [-0.39, 0.29) is 43.2 Å². The van der Waals surface area contributed by atoms with Crippen LogP contribution in [0.3, 0.4) is 0 Å². The van der Waals surface area contributed by atoms with Crippen molar-refractivity contribution in [2.75, 3.05) is 0 Å². The molecular formula is C20H17FN2O4. The number of ether oxygens (including phenoxy) is 1. The Hall–Kier alpha value is -3.22. The van der Waals surface area contributed by atoms with Crippen molar-refractivity contribution in [3.8, 4) is 5.75 Å². The molecule has 2 aromatic carbocycles. The SMILES string of the molecule is O=C1CCC(N2Cc3ccc(F)c(OCc4ccccc4)c3C2=O)C(=O)N1. The zero-order chi connectivity index (χ0) is 19.0.